The van der Waals surface area contributed by atoms with Crippen LogP contribution < -0.4 is 49.1 Å². The molecule has 2 aromatic carbocycles. The molecule has 0 heterocycles. The van der Waals surface area contributed by atoms with Gasteiger partial charge < -0.3 is 49.1 Å². The van der Waals surface area contributed by atoms with Crippen LogP contribution >= 0.6 is 12.6 Å². The van der Waals surface area contributed by atoms with E-state index in [0.29, 0.717) is 5.56 Å². The lowest BCUT2D eigenvalue weighted by Crippen LogP contribution is -2.60. The standard InChI is InChI=1S/C43H63N9O9S/c1-24(2)18-31(49-38(56)26(5)44)41(59)52-34(22-37(46)55)43(61)50-32(19-25(3)4)40(58)47-29(16-17-36(45)54)39(57)51-33(21-28-14-10-7-11-15-28)42(60)48-30(35(53)23-62)20-27-12-8-6-9-13-27/h6-15,24-26,29-34,62H,16-23,44H2,1-5H3,(H2,45,54)(H2,46,55)(H,47,58)(H,48,60)(H,49,56)(H,50,61)(H,51,57)(H,52,59)/t26-,29-,30-,31-,32-,33-,34-/m0/s1. The van der Waals surface area contributed by atoms with Crippen molar-refractivity contribution < 1.29 is 43.2 Å². The Balaban J connectivity index is 2.41. The molecule has 8 amide bonds. The number of rotatable bonds is 27. The predicted octanol–water partition coefficient (Wildman–Crippen LogP) is -0.540. The molecule has 18 nitrogen and oxygen atoms in total. The van der Waals surface area contributed by atoms with Gasteiger partial charge in [0.25, 0.3) is 0 Å². The highest BCUT2D eigenvalue weighted by molar-refractivity contribution is 7.81. The average molecular weight is 882 g/mol. The van der Waals surface area contributed by atoms with Gasteiger partial charge in [0.15, 0.2) is 5.78 Å². The van der Waals surface area contributed by atoms with Gasteiger partial charge in [0.2, 0.25) is 47.3 Å². The molecule has 7 atom stereocenters. The normalized spacial score (nSPS) is 14.5. The van der Waals surface area contributed by atoms with Crippen LogP contribution in [0, 0.1) is 11.8 Å². The number of ketones is 1. The Hall–Kier alpha value is -5.82. The molecule has 62 heavy (non-hydrogen) atoms. The third-order valence-corrected chi connectivity index (χ3v) is 9.82. The molecule has 0 aliphatic heterocycles. The molecule has 0 aliphatic carbocycles. The minimum atomic E-state index is -1.57. The summed E-state index contributed by atoms with van der Waals surface area (Å²) in [7, 11) is 0. The fourth-order valence-corrected chi connectivity index (χ4v) is 6.52. The minimum Gasteiger partial charge on any atom is -0.370 e. The highest BCUT2D eigenvalue weighted by Crippen LogP contribution is 2.12. The van der Waals surface area contributed by atoms with E-state index >= 15 is 0 Å². The second kappa shape index (κ2) is 26.5. The molecule has 0 saturated carbocycles. The largest absolute Gasteiger partial charge is 0.370 e. The first-order chi connectivity index (χ1) is 29.2. The zero-order valence-electron chi connectivity index (χ0n) is 36.0. The van der Waals surface area contributed by atoms with Crippen LogP contribution in [0.15, 0.2) is 60.7 Å². The predicted molar refractivity (Wildman–Crippen MR) is 236 cm³/mol. The lowest BCUT2D eigenvalue weighted by molar-refractivity contribution is -0.136. The number of nitrogens with one attached hydrogen (secondary N) is 6. The van der Waals surface area contributed by atoms with Crippen LogP contribution in [-0.4, -0.2) is 101 Å². The Morgan fingerprint density at radius 1 is 0.500 bits per heavy atom. The summed E-state index contributed by atoms with van der Waals surface area (Å²) in [5.74, 6) is -7.36. The van der Waals surface area contributed by atoms with E-state index in [1.165, 1.54) is 6.92 Å². The van der Waals surface area contributed by atoms with Crippen molar-refractivity contribution in [2.45, 2.75) is 122 Å². The van der Waals surface area contributed by atoms with E-state index in [1.54, 1.807) is 68.4 Å². The number of thiol groups is 1. The van der Waals surface area contributed by atoms with Gasteiger partial charge in [0.1, 0.15) is 30.2 Å². The fraction of sp³-hybridized carbons (Fsp3) is 0.512. The van der Waals surface area contributed by atoms with Crippen molar-refractivity contribution in [2.24, 2.45) is 29.0 Å². The molecule has 0 spiro atoms. The number of Topliss-reactive ketones (excluding diaryl/α,β-unsaturated/α-hetero) is 1. The number of hydrogen-bond donors (Lipinski definition) is 10. The maximum atomic E-state index is 14.1. The van der Waals surface area contributed by atoms with Crippen molar-refractivity contribution in [3.05, 3.63) is 71.8 Å². The number of primary amides is 2. The lowest BCUT2D eigenvalue weighted by atomic mass is 9.99. The summed E-state index contributed by atoms with van der Waals surface area (Å²) >= 11 is 4.13. The first-order valence-corrected chi connectivity index (χ1v) is 21.2. The maximum Gasteiger partial charge on any atom is 0.243 e. The highest BCUT2D eigenvalue weighted by Gasteiger charge is 2.34. The van der Waals surface area contributed by atoms with E-state index in [4.69, 9.17) is 17.2 Å². The van der Waals surface area contributed by atoms with E-state index in [-0.39, 0.29) is 61.9 Å². The summed E-state index contributed by atoms with van der Waals surface area (Å²) in [6, 6.07) is 9.06. The number of benzene rings is 2. The van der Waals surface area contributed by atoms with Crippen LogP contribution in [0.25, 0.3) is 0 Å². The van der Waals surface area contributed by atoms with Crippen LogP contribution in [-0.2, 0) is 56.0 Å². The molecule has 19 heteroatoms. The number of hydrogen-bond acceptors (Lipinski definition) is 11. The molecule has 0 unspecified atom stereocenters. The molecule has 0 saturated heterocycles. The molecule has 0 bridgehead atoms. The first kappa shape index (κ1) is 52.3. The van der Waals surface area contributed by atoms with Crippen LogP contribution in [0.4, 0.5) is 0 Å². The molecular weight excluding hydrogens is 819 g/mol. The molecule has 340 valence electrons. The Labute approximate surface area is 368 Å². The van der Waals surface area contributed by atoms with E-state index < -0.39 is 96.0 Å². The zero-order valence-corrected chi connectivity index (χ0v) is 36.9. The summed E-state index contributed by atoms with van der Waals surface area (Å²) in [6.45, 7) is 8.58. The number of nitrogens with two attached hydrogens (primary N) is 3. The molecule has 2 aromatic rings. The van der Waals surface area contributed by atoms with Crippen molar-refractivity contribution in [3.8, 4) is 0 Å². The zero-order chi connectivity index (χ0) is 46.5. The quantitative estimate of drug-likeness (QED) is 0.0511. The van der Waals surface area contributed by atoms with Gasteiger partial charge in [-0.3, -0.25) is 43.2 Å². The molecule has 0 aliphatic rings. The number of amides is 8. The van der Waals surface area contributed by atoms with Crippen LogP contribution in [0.2, 0.25) is 0 Å². The van der Waals surface area contributed by atoms with Crippen LogP contribution in [0.3, 0.4) is 0 Å². The molecule has 0 fully saturated rings. The average Bonchev–Trinajstić information content (AvgIpc) is 3.20. The Bertz CT molecular complexity index is 1850. The second-order valence-electron chi connectivity index (χ2n) is 16.1. The van der Waals surface area contributed by atoms with E-state index in [9.17, 15) is 43.2 Å². The van der Waals surface area contributed by atoms with Gasteiger partial charge in [0, 0.05) is 12.8 Å². The lowest BCUT2D eigenvalue weighted by Gasteiger charge is -2.28. The third-order valence-electron chi connectivity index (χ3n) is 9.50. The molecular formula is C43H63N9O9S. The fourth-order valence-electron chi connectivity index (χ4n) is 6.30. The summed E-state index contributed by atoms with van der Waals surface area (Å²) in [6.07, 6.45) is -0.996. The van der Waals surface area contributed by atoms with Crippen molar-refractivity contribution >= 4 is 65.7 Å². The molecule has 12 N–H and O–H groups in total. The first-order valence-electron chi connectivity index (χ1n) is 20.6. The van der Waals surface area contributed by atoms with E-state index in [2.05, 4.69) is 44.5 Å². The van der Waals surface area contributed by atoms with Gasteiger partial charge in [0.05, 0.1) is 24.3 Å². The van der Waals surface area contributed by atoms with Gasteiger partial charge in [-0.2, -0.15) is 12.6 Å². The van der Waals surface area contributed by atoms with Crippen LogP contribution in [0.5, 0.6) is 0 Å². The third kappa shape index (κ3) is 19.3. The van der Waals surface area contributed by atoms with Crippen molar-refractivity contribution in [1.29, 1.82) is 0 Å². The van der Waals surface area contributed by atoms with Gasteiger partial charge in [-0.05, 0) is 55.6 Å². The maximum absolute atomic E-state index is 14.1. The van der Waals surface area contributed by atoms with Gasteiger partial charge in [-0.1, -0.05) is 88.4 Å². The van der Waals surface area contributed by atoms with Crippen LogP contribution in [0.1, 0.15) is 77.8 Å². The molecule has 0 radical (unpaired) electrons. The van der Waals surface area contributed by atoms with Crippen molar-refractivity contribution in [2.75, 3.05) is 5.75 Å². The van der Waals surface area contributed by atoms with Crippen molar-refractivity contribution in [1.82, 2.24) is 31.9 Å². The number of carbonyl (C=O) groups excluding carboxylic acids is 9. The summed E-state index contributed by atoms with van der Waals surface area (Å²) in [4.78, 5) is 119. The van der Waals surface area contributed by atoms with E-state index in [1.807, 2.05) is 19.9 Å². The Morgan fingerprint density at radius 3 is 1.31 bits per heavy atom. The Kier molecular flexibility index (Phi) is 22.4. The summed E-state index contributed by atoms with van der Waals surface area (Å²) < 4.78 is 0. The smallest absolute Gasteiger partial charge is 0.243 e. The summed E-state index contributed by atoms with van der Waals surface area (Å²) in [5.41, 5.74) is 18.0. The SMILES string of the molecule is CC(C)C[C@H](NC(=O)[C@H](C)N)C(=O)N[C@@H](CC(N)=O)C(=O)N[C@@H](CC(C)C)C(=O)N[C@@H](CCC(N)=O)C(=O)N[C@@H](Cc1ccccc1)C(=O)N[C@@H](Cc1ccccc1)C(=O)CS. The summed E-state index contributed by atoms with van der Waals surface area (Å²) in [5, 5.41) is 15.6. The van der Waals surface area contributed by atoms with E-state index in [0.717, 1.165) is 5.56 Å². The van der Waals surface area contributed by atoms with Gasteiger partial charge in [-0.25, -0.2) is 0 Å². The molecule has 2 rings (SSSR count). The van der Waals surface area contributed by atoms with Crippen molar-refractivity contribution in [3.63, 3.8) is 0 Å². The molecule has 0 aromatic heterocycles. The van der Waals surface area contributed by atoms with Gasteiger partial charge in [-0.15, -0.1) is 0 Å². The second-order valence-corrected chi connectivity index (χ2v) is 16.4. The topological polar surface area (TPSA) is 304 Å². The monoisotopic (exact) mass is 881 g/mol. The minimum absolute atomic E-state index is 0.0143. The number of carbonyl (C=O) groups is 9. The highest BCUT2D eigenvalue weighted by atomic mass is 32.1. The Morgan fingerprint density at radius 2 is 0.871 bits per heavy atom. The van der Waals surface area contributed by atoms with Gasteiger partial charge >= 0.3 is 0 Å².